The van der Waals surface area contributed by atoms with Gasteiger partial charge < -0.3 is 29.7 Å². The molecule has 0 heterocycles. The second-order valence-electron chi connectivity index (χ2n) is 0. The van der Waals surface area contributed by atoms with Crippen LogP contribution in [0.3, 0.4) is 0 Å². The molecule has 6 heavy (non-hydrogen) atoms. The summed E-state index contributed by atoms with van der Waals surface area (Å²) in [6, 6.07) is 0. The van der Waals surface area contributed by atoms with Crippen molar-refractivity contribution in [1.29, 1.82) is 0 Å². The van der Waals surface area contributed by atoms with Crippen LogP contribution in [0.5, 0.6) is 0 Å². The second kappa shape index (κ2) is 101. The maximum absolute atomic E-state index is 0. The van der Waals surface area contributed by atoms with Gasteiger partial charge in [0, 0.05) is 0 Å². The van der Waals surface area contributed by atoms with Crippen LogP contribution in [0.15, 0.2) is 0 Å². The molecule has 0 fully saturated rings. The van der Waals surface area contributed by atoms with Crippen LogP contribution in [0.4, 0.5) is 0 Å². The summed E-state index contributed by atoms with van der Waals surface area (Å²) in [6.07, 6.45) is 0. The minimum atomic E-state index is 0. The van der Waals surface area contributed by atoms with Crippen LogP contribution >= 0.6 is 0 Å². The molecule has 2 heteroatoms. The normalized spacial score (nSPS) is 0. The largest absolute Gasteiger partial charge is 3.00 e. The molecule has 0 atom stereocenters. The first-order valence-electron chi connectivity index (χ1n) is 0. The van der Waals surface area contributed by atoms with Crippen molar-refractivity contribution < 1.29 is 41.2 Å². The molecular formula is C4H12AuLi. The third kappa shape index (κ3) is 56.1. The molecule has 0 aliphatic heterocycles. The van der Waals surface area contributed by atoms with Gasteiger partial charge in [-0.25, -0.2) is 0 Å². The minimum Gasteiger partial charge on any atom is -0.358 e. The molecule has 0 aromatic heterocycles. The van der Waals surface area contributed by atoms with E-state index >= 15 is 0 Å². The van der Waals surface area contributed by atoms with Gasteiger partial charge in [0.25, 0.3) is 0 Å². The van der Waals surface area contributed by atoms with Crippen molar-refractivity contribution in [3.8, 4) is 0 Å². The average molecular weight is 264 g/mol. The Kier molecular flexibility index (Phi) is 2770. The Morgan fingerprint density at radius 2 is 0.500 bits per heavy atom. The molecule has 0 unspecified atom stereocenters. The first-order valence-corrected chi connectivity index (χ1v) is 0. The first-order chi connectivity index (χ1) is 0. The fourth-order valence-corrected chi connectivity index (χ4v) is 0. The Labute approximate surface area is 70.8 Å². The Hall–Kier alpha value is 1.34. The average Bonchev–Trinajstić information content (AvgIpc) is 0. The molecule has 0 nitrogen and oxygen atoms in total. The van der Waals surface area contributed by atoms with Crippen LogP contribution in [0.25, 0.3) is 0 Å². The van der Waals surface area contributed by atoms with Crippen molar-refractivity contribution >= 4 is 0 Å². The molecular weight excluding hydrogens is 252 g/mol. The fraction of sp³-hybridized carbons (Fsp3) is 0. The van der Waals surface area contributed by atoms with Crippen LogP contribution in [0, 0.1) is 29.7 Å². The molecule has 0 aliphatic carbocycles. The molecule has 0 saturated carbocycles. The summed E-state index contributed by atoms with van der Waals surface area (Å²) in [6.45, 7) is 0. The third-order valence-corrected chi connectivity index (χ3v) is 0. The van der Waals surface area contributed by atoms with E-state index in [1.54, 1.807) is 0 Å². The summed E-state index contributed by atoms with van der Waals surface area (Å²) in [7, 11) is 0. The van der Waals surface area contributed by atoms with E-state index in [-0.39, 0.29) is 70.9 Å². The monoisotopic (exact) mass is 264 g/mol. The molecule has 0 spiro atoms. The maximum Gasteiger partial charge on any atom is 3.00 e. The van der Waals surface area contributed by atoms with Crippen molar-refractivity contribution in [2.75, 3.05) is 0 Å². The Bertz CT molecular complexity index is 7.51. The van der Waals surface area contributed by atoms with Crippen molar-refractivity contribution in [1.82, 2.24) is 0 Å². The quantitative estimate of drug-likeness (QED) is 0.381. The zero-order valence-electron chi connectivity index (χ0n) is 5.30. The molecule has 0 bridgehead atoms. The zero-order chi connectivity index (χ0) is 0. The van der Waals surface area contributed by atoms with E-state index in [1.165, 1.54) is 0 Å². The molecule has 0 radical (unpaired) electrons. The molecule has 0 N–H and O–H groups in total. The van der Waals surface area contributed by atoms with E-state index in [1.807, 2.05) is 0 Å². The molecule has 0 aromatic carbocycles. The molecule has 0 aliphatic rings. The van der Waals surface area contributed by atoms with Crippen LogP contribution in [0.2, 0.25) is 0 Å². The molecule has 0 saturated heterocycles. The standard InChI is InChI=1S/4CH3.Au.Li/h4*1H3;;/q4*-1;+3;+1. The van der Waals surface area contributed by atoms with Gasteiger partial charge in [0.1, 0.15) is 0 Å². The van der Waals surface area contributed by atoms with Gasteiger partial charge in [0.15, 0.2) is 0 Å². The Balaban J connectivity index is 0. The molecule has 0 rings (SSSR count). The summed E-state index contributed by atoms with van der Waals surface area (Å²) >= 11 is 0. The van der Waals surface area contributed by atoms with Crippen LogP contribution in [0.1, 0.15) is 0 Å². The van der Waals surface area contributed by atoms with Crippen molar-refractivity contribution in [2.24, 2.45) is 0 Å². The second-order valence-corrected chi connectivity index (χ2v) is 0. The Morgan fingerprint density at radius 1 is 0.500 bits per heavy atom. The van der Waals surface area contributed by atoms with Crippen molar-refractivity contribution in [2.45, 2.75) is 0 Å². The van der Waals surface area contributed by atoms with E-state index < -0.39 is 0 Å². The summed E-state index contributed by atoms with van der Waals surface area (Å²) in [5.74, 6) is 0. The van der Waals surface area contributed by atoms with Gasteiger partial charge in [0.2, 0.25) is 0 Å². The minimum absolute atomic E-state index is 0. The van der Waals surface area contributed by atoms with E-state index in [0.29, 0.717) is 0 Å². The van der Waals surface area contributed by atoms with Crippen LogP contribution < -0.4 is 18.9 Å². The predicted octanol–water partition coefficient (Wildman–Crippen LogP) is -1.20. The maximum atomic E-state index is 0. The van der Waals surface area contributed by atoms with Gasteiger partial charge in [-0.3, -0.25) is 0 Å². The number of hydrogen-bond donors (Lipinski definition) is 0. The van der Waals surface area contributed by atoms with E-state index in [4.69, 9.17) is 0 Å². The summed E-state index contributed by atoms with van der Waals surface area (Å²) in [4.78, 5) is 0. The Morgan fingerprint density at radius 3 is 0.500 bits per heavy atom. The fourth-order valence-electron chi connectivity index (χ4n) is 0. The SMILES string of the molecule is [Au+3].[CH3-].[CH3-].[CH3-].[CH3-].[Li+]. The van der Waals surface area contributed by atoms with Gasteiger partial charge in [-0.1, -0.05) is 0 Å². The predicted molar refractivity (Wildman–Crippen MR) is 25.7 cm³/mol. The van der Waals surface area contributed by atoms with Crippen molar-refractivity contribution in [3.05, 3.63) is 29.7 Å². The number of hydrogen-bond acceptors (Lipinski definition) is 0. The summed E-state index contributed by atoms with van der Waals surface area (Å²) in [5, 5.41) is 0. The van der Waals surface area contributed by atoms with E-state index in [0.717, 1.165) is 0 Å². The van der Waals surface area contributed by atoms with Gasteiger partial charge in [-0.15, -0.1) is 0 Å². The summed E-state index contributed by atoms with van der Waals surface area (Å²) in [5.41, 5.74) is 0. The van der Waals surface area contributed by atoms with Crippen LogP contribution in [-0.4, -0.2) is 0 Å². The van der Waals surface area contributed by atoms with E-state index in [2.05, 4.69) is 0 Å². The third-order valence-electron chi connectivity index (χ3n) is 0. The van der Waals surface area contributed by atoms with Crippen molar-refractivity contribution in [3.63, 3.8) is 0 Å². The van der Waals surface area contributed by atoms with Crippen LogP contribution in [-0.2, 0) is 22.4 Å². The molecule has 0 amide bonds. The van der Waals surface area contributed by atoms with Gasteiger partial charge in [-0.2, -0.15) is 0 Å². The summed E-state index contributed by atoms with van der Waals surface area (Å²) < 4.78 is 0. The van der Waals surface area contributed by atoms with E-state index in [9.17, 15) is 0 Å². The van der Waals surface area contributed by atoms with Gasteiger partial charge >= 0.3 is 41.2 Å². The molecule has 40 valence electrons. The molecule has 0 aromatic rings. The first kappa shape index (κ1) is 165. The van der Waals surface area contributed by atoms with Gasteiger partial charge in [-0.05, 0) is 0 Å². The topological polar surface area (TPSA) is 0 Å². The van der Waals surface area contributed by atoms with Gasteiger partial charge in [0.05, 0.1) is 0 Å². The zero-order valence-corrected chi connectivity index (χ0v) is 7.47. The number of rotatable bonds is 0. The smallest absolute Gasteiger partial charge is 0.358 e.